The van der Waals surface area contributed by atoms with E-state index in [1.54, 1.807) is 0 Å². The summed E-state index contributed by atoms with van der Waals surface area (Å²) in [5.41, 5.74) is -0.835. The third kappa shape index (κ3) is 4.92. The summed E-state index contributed by atoms with van der Waals surface area (Å²) in [7, 11) is 1.28. The minimum Gasteiger partial charge on any atom is -0.469 e. The molecule has 0 saturated carbocycles. The molecule has 0 aromatic rings. The van der Waals surface area contributed by atoms with Gasteiger partial charge in [-0.05, 0) is 26.7 Å². The molecule has 0 aliphatic carbocycles. The number of nitrogens with zero attached hydrogens (tertiary/aromatic N) is 1. The number of hydrogen-bond donors (Lipinski definition) is 1. The van der Waals surface area contributed by atoms with Crippen molar-refractivity contribution in [3.8, 4) is 0 Å². The maximum absolute atomic E-state index is 11.7. The molecule has 0 spiro atoms. The lowest BCUT2D eigenvalue weighted by atomic mass is 9.76. The number of ether oxygens (including phenoxy) is 2. The average molecular weight is 339 g/mol. The van der Waals surface area contributed by atoms with E-state index in [1.165, 1.54) is 7.11 Å². The zero-order valence-corrected chi connectivity index (χ0v) is 14.9. The van der Waals surface area contributed by atoms with E-state index < -0.39 is 29.1 Å². The van der Waals surface area contributed by atoms with Gasteiger partial charge < -0.3 is 14.6 Å². The Kier molecular flexibility index (Phi) is 7.17. The molecule has 1 rings (SSSR count). The summed E-state index contributed by atoms with van der Waals surface area (Å²) in [5.74, 6) is -0.867. The number of carbonyl (C=O) groups excluding carboxylic acids is 2. The molecule has 0 aromatic heterocycles. The monoisotopic (exact) mass is 339 g/mol. The van der Waals surface area contributed by atoms with Crippen LogP contribution in [-0.2, 0) is 19.1 Å². The molecule has 1 aliphatic heterocycles. The van der Waals surface area contributed by atoms with Crippen molar-refractivity contribution in [1.29, 1.82) is 0 Å². The molecule has 1 aliphatic rings. The highest BCUT2D eigenvalue weighted by molar-refractivity contribution is 5.77. The SMILES string of the molecule is C=CC1(C)CC(O)CC(C)(C=C)N1CCOC(=O)CCC(=O)OC. The second kappa shape index (κ2) is 8.44. The Balaban J connectivity index is 2.65. The van der Waals surface area contributed by atoms with Crippen LogP contribution >= 0.6 is 0 Å². The molecule has 1 N–H and O–H groups in total. The molecule has 2 unspecified atom stereocenters. The highest BCUT2D eigenvalue weighted by Gasteiger charge is 2.46. The maximum Gasteiger partial charge on any atom is 0.306 e. The van der Waals surface area contributed by atoms with Gasteiger partial charge in [0.15, 0.2) is 0 Å². The zero-order chi connectivity index (χ0) is 18.4. The van der Waals surface area contributed by atoms with Gasteiger partial charge in [-0.25, -0.2) is 0 Å². The van der Waals surface area contributed by atoms with Gasteiger partial charge in [0.1, 0.15) is 6.61 Å². The molecule has 1 saturated heterocycles. The molecule has 6 heteroatoms. The molecule has 136 valence electrons. The van der Waals surface area contributed by atoms with Crippen LogP contribution in [0.5, 0.6) is 0 Å². The highest BCUT2D eigenvalue weighted by Crippen LogP contribution is 2.39. The largest absolute Gasteiger partial charge is 0.469 e. The minimum absolute atomic E-state index is 0.00282. The van der Waals surface area contributed by atoms with Gasteiger partial charge in [-0.1, -0.05) is 12.2 Å². The Morgan fingerprint density at radius 3 is 2.12 bits per heavy atom. The Labute approximate surface area is 144 Å². The Bertz CT molecular complexity index is 468. The number of hydrogen-bond acceptors (Lipinski definition) is 6. The van der Waals surface area contributed by atoms with Gasteiger partial charge in [0.25, 0.3) is 0 Å². The third-order valence-corrected chi connectivity index (χ3v) is 4.75. The fraction of sp³-hybridized carbons (Fsp3) is 0.667. The first-order valence-electron chi connectivity index (χ1n) is 8.16. The van der Waals surface area contributed by atoms with E-state index in [4.69, 9.17) is 4.74 Å². The smallest absolute Gasteiger partial charge is 0.306 e. The quantitative estimate of drug-likeness (QED) is 0.537. The summed E-state index contributed by atoms with van der Waals surface area (Å²) in [5, 5.41) is 10.2. The van der Waals surface area contributed by atoms with Crippen molar-refractivity contribution in [2.24, 2.45) is 0 Å². The van der Waals surface area contributed by atoms with Crippen molar-refractivity contribution < 1.29 is 24.2 Å². The number of likely N-dealkylation sites (tertiary alicyclic amines) is 1. The molecule has 24 heavy (non-hydrogen) atoms. The molecule has 1 fully saturated rings. The van der Waals surface area contributed by atoms with Crippen molar-refractivity contribution in [2.75, 3.05) is 20.3 Å². The van der Waals surface area contributed by atoms with E-state index in [2.05, 4.69) is 22.8 Å². The molecule has 0 aromatic carbocycles. The zero-order valence-electron chi connectivity index (χ0n) is 14.9. The van der Waals surface area contributed by atoms with Crippen LogP contribution in [0.25, 0.3) is 0 Å². The predicted octanol–water partition coefficient (Wildman–Crippen LogP) is 1.83. The number of aliphatic hydroxyl groups is 1. The van der Waals surface area contributed by atoms with Gasteiger partial charge in [0, 0.05) is 17.6 Å². The number of piperidine rings is 1. The predicted molar refractivity (Wildman–Crippen MR) is 91.4 cm³/mol. The molecule has 0 bridgehead atoms. The van der Waals surface area contributed by atoms with Crippen LogP contribution in [0.1, 0.15) is 39.5 Å². The van der Waals surface area contributed by atoms with Crippen molar-refractivity contribution in [3.05, 3.63) is 25.3 Å². The van der Waals surface area contributed by atoms with Gasteiger partial charge in [-0.15, -0.1) is 13.2 Å². The van der Waals surface area contributed by atoms with Gasteiger partial charge >= 0.3 is 11.9 Å². The lowest BCUT2D eigenvalue weighted by Crippen LogP contribution is -2.63. The van der Waals surface area contributed by atoms with Crippen molar-refractivity contribution >= 4 is 11.9 Å². The van der Waals surface area contributed by atoms with Crippen molar-refractivity contribution in [3.63, 3.8) is 0 Å². The second-order valence-corrected chi connectivity index (χ2v) is 6.63. The van der Waals surface area contributed by atoms with E-state index in [0.29, 0.717) is 19.4 Å². The van der Waals surface area contributed by atoms with Crippen LogP contribution < -0.4 is 0 Å². The first-order valence-corrected chi connectivity index (χ1v) is 8.16. The van der Waals surface area contributed by atoms with Crippen LogP contribution in [0.15, 0.2) is 25.3 Å². The molecule has 0 radical (unpaired) electrons. The molecule has 6 nitrogen and oxygen atoms in total. The Morgan fingerprint density at radius 2 is 1.67 bits per heavy atom. The van der Waals surface area contributed by atoms with Crippen molar-refractivity contribution in [2.45, 2.75) is 56.7 Å². The third-order valence-electron chi connectivity index (χ3n) is 4.75. The normalized spacial score (nSPS) is 30.4. The lowest BCUT2D eigenvalue weighted by Gasteiger charge is -2.54. The topological polar surface area (TPSA) is 76.1 Å². The van der Waals surface area contributed by atoms with Gasteiger partial charge in [0.05, 0.1) is 26.1 Å². The number of methoxy groups -OCH3 is 1. The molecular weight excluding hydrogens is 310 g/mol. The summed E-state index contributed by atoms with van der Waals surface area (Å²) >= 11 is 0. The van der Waals surface area contributed by atoms with Crippen LogP contribution in [0, 0.1) is 0 Å². The summed E-state index contributed by atoms with van der Waals surface area (Å²) < 4.78 is 9.72. The van der Waals surface area contributed by atoms with E-state index in [0.717, 1.165) is 0 Å². The first-order chi connectivity index (χ1) is 11.2. The van der Waals surface area contributed by atoms with Gasteiger partial charge in [-0.2, -0.15) is 0 Å². The number of carbonyl (C=O) groups is 2. The van der Waals surface area contributed by atoms with Crippen LogP contribution in [0.4, 0.5) is 0 Å². The fourth-order valence-electron chi connectivity index (χ4n) is 3.36. The van der Waals surface area contributed by atoms with Crippen molar-refractivity contribution in [1.82, 2.24) is 4.90 Å². The van der Waals surface area contributed by atoms with Crippen LogP contribution in [0.3, 0.4) is 0 Å². The molecule has 2 atom stereocenters. The standard InChI is InChI=1S/C18H29NO5/c1-6-17(3)12-14(20)13-18(4,7-2)19(17)10-11-24-16(22)9-8-15(21)23-5/h6-7,14,20H,1-2,8-13H2,3-5H3. The summed E-state index contributed by atoms with van der Waals surface area (Å²) in [6.45, 7) is 12.5. The minimum atomic E-state index is -0.435. The molecular formula is C18H29NO5. The number of rotatable bonds is 8. The Hall–Kier alpha value is -1.66. The summed E-state index contributed by atoms with van der Waals surface area (Å²) in [6.07, 6.45) is 4.34. The second-order valence-electron chi connectivity index (χ2n) is 6.63. The fourth-order valence-corrected chi connectivity index (χ4v) is 3.36. The lowest BCUT2D eigenvalue weighted by molar-refractivity contribution is -0.150. The summed E-state index contributed by atoms with van der Waals surface area (Å²) in [6, 6.07) is 0. The summed E-state index contributed by atoms with van der Waals surface area (Å²) in [4.78, 5) is 24.9. The van der Waals surface area contributed by atoms with E-state index >= 15 is 0 Å². The maximum atomic E-state index is 11.7. The Morgan fingerprint density at radius 1 is 1.17 bits per heavy atom. The molecule has 1 heterocycles. The van der Waals surface area contributed by atoms with E-state index in [-0.39, 0.29) is 19.4 Å². The average Bonchev–Trinajstić information content (AvgIpc) is 2.54. The van der Waals surface area contributed by atoms with Crippen LogP contribution in [-0.4, -0.2) is 59.4 Å². The highest BCUT2D eigenvalue weighted by atomic mass is 16.5. The number of aliphatic hydroxyl groups excluding tert-OH is 1. The number of esters is 2. The first kappa shape index (κ1) is 20.4. The van der Waals surface area contributed by atoms with E-state index in [9.17, 15) is 14.7 Å². The van der Waals surface area contributed by atoms with Gasteiger partial charge in [-0.3, -0.25) is 14.5 Å². The molecule has 0 amide bonds. The van der Waals surface area contributed by atoms with E-state index in [1.807, 2.05) is 26.0 Å². The van der Waals surface area contributed by atoms with Gasteiger partial charge in [0.2, 0.25) is 0 Å². The van der Waals surface area contributed by atoms with Crippen LogP contribution in [0.2, 0.25) is 0 Å².